The fourth-order valence-electron chi connectivity index (χ4n) is 4.86. The summed E-state index contributed by atoms with van der Waals surface area (Å²) in [6.07, 6.45) is 0.973. The van der Waals surface area contributed by atoms with E-state index in [1.165, 1.54) is 0 Å². The monoisotopic (exact) mass is 292 g/mol. The predicted molar refractivity (Wildman–Crippen MR) is 90.3 cm³/mol. The maximum absolute atomic E-state index is 9.58. The topological polar surface area (TPSA) is 29.5 Å². The molecule has 0 aromatic carbocycles. The number of methoxy groups -OCH3 is 1. The van der Waals surface area contributed by atoms with Gasteiger partial charge < -0.3 is 0 Å². The molecule has 0 heterocycles. The van der Waals surface area contributed by atoms with Gasteiger partial charge in [0, 0.05) is 0 Å². The van der Waals surface area contributed by atoms with E-state index in [4.69, 9.17) is 4.74 Å². The molecule has 0 spiro atoms. The Labute approximate surface area is 121 Å². The molecule has 0 aromatic rings. The number of aliphatic hydroxyl groups excluding tert-OH is 1. The Balaban J connectivity index is 5.96. The standard InChI is InChI=1S/C16H37O2P/c1-14(2,3)19(15(4,5)6,16(7,8)9)12-13(11-17)18-10/h13,17,19H,11-12H2,1-10H3. The number of aliphatic hydroxyl groups is 1. The van der Waals surface area contributed by atoms with Gasteiger partial charge in [-0.05, 0) is 0 Å². The molecule has 0 radical (unpaired) electrons. The molecule has 0 fully saturated rings. The van der Waals surface area contributed by atoms with Gasteiger partial charge in [0.25, 0.3) is 0 Å². The predicted octanol–water partition coefficient (Wildman–Crippen LogP) is 4.14. The molecule has 1 atom stereocenters. The van der Waals surface area contributed by atoms with Crippen molar-refractivity contribution >= 4 is 7.26 Å². The summed E-state index contributed by atoms with van der Waals surface area (Å²) >= 11 is 0. The molecule has 0 saturated carbocycles. The summed E-state index contributed by atoms with van der Waals surface area (Å²) in [4.78, 5) is 0. The van der Waals surface area contributed by atoms with E-state index in [1.807, 2.05) is 0 Å². The second-order valence-corrected chi connectivity index (χ2v) is 15.6. The molecule has 1 N–H and O–H groups in total. The summed E-state index contributed by atoms with van der Waals surface area (Å²) in [5, 5.41) is 10.4. The van der Waals surface area contributed by atoms with E-state index in [0.717, 1.165) is 6.16 Å². The van der Waals surface area contributed by atoms with E-state index in [1.54, 1.807) is 7.11 Å². The third-order valence-corrected chi connectivity index (χ3v) is 13.7. The van der Waals surface area contributed by atoms with Crippen LogP contribution in [0.15, 0.2) is 0 Å². The van der Waals surface area contributed by atoms with Crippen molar-refractivity contribution in [1.29, 1.82) is 0 Å². The Bertz CT molecular complexity index is 239. The van der Waals surface area contributed by atoms with Crippen LogP contribution in [0.4, 0.5) is 0 Å². The van der Waals surface area contributed by atoms with Crippen molar-refractivity contribution in [3.63, 3.8) is 0 Å². The minimum absolute atomic E-state index is 0.0376. The Hall–Kier alpha value is 0.350. The average Bonchev–Trinajstić information content (AvgIpc) is 2.13. The van der Waals surface area contributed by atoms with Crippen LogP contribution in [0.1, 0.15) is 62.3 Å². The van der Waals surface area contributed by atoms with Gasteiger partial charge in [-0.3, -0.25) is 0 Å². The second kappa shape index (κ2) is 6.00. The van der Waals surface area contributed by atoms with Crippen LogP contribution in [0.2, 0.25) is 0 Å². The fraction of sp³-hybridized carbons (Fsp3) is 1.00. The molecule has 0 aliphatic carbocycles. The fourth-order valence-corrected chi connectivity index (χ4v) is 14.4. The second-order valence-electron chi connectivity index (χ2n) is 8.90. The molecule has 0 saturated heterocycles. The first kappa shape index (κ1) is 19.4. The van der Waals surface area contributed by atoms with Crippen molar-refractivity contribution in [1.82, 2.24) is 0 Å². The van der Waals surface area contributed by atoms with Gasteiger partial charge in [0.05, 0.1) is 0 Å². The summed E-state index contributed by atoms with van der Waals surface area (Å²) < 4.78 is 5.53. The number of hydrogen-bond acceptors (Lipinski definition) is 2. The molecule has 1 unspecified atom stereocenters. The van der Waals surface area contributed by atoms with Gasteiger partial charge >= 0.3 is 121 Å². The molecule has 118 valence electrons. The summed E-state index contributed by atoms with van der Waals surface area (Å²) in [5.74, 6) is 0. The van der Waals surface area contributed by atoms with Crippen molar-refractivity contribution in [2.75, 3.05) is 19.9 Å². The third-order valence-electron chi connectivity index (χ3n) is 4.91. The zero-order valence-corrected chi connectivity index (χ0v) is 15.8. The third kappa shape index (κ3) is 3.71. The Morgan fingerprint density at radius 3 is 1.32 bits per heavy atom. The van der Waals surface area contributed by atoms with E-state index in [-0.39, 0.29) is 28.2 Å². The minimum atomic E-state index is -1.79. The van der Waals surface area contributed by atoms with Crippen LogP contribution >= 0.6 is 7.26 Å². The van der Waals surface area contributed by atoms with E-state index >= 15 is 0 Å². The normalized spacial score (nSPS) is 17.4. The Kier molecular flexibility index (Phi) is 6.11. The SMILES string of the molecule is COC(CO)C[PH](C(C)(C)C)(C(C)(C)C)C(C)(C)C. The quantitative estimate of drug-likeness (QED) is 0.789. The van der Waals surface area contributed by atoms with Crippen molar-refractivity contribution in [2.45, 2.75) is 83.9 Å². The van der Waals surface area contributed by atoms with Crippen LogP contribution in [0.5, 0.6) is 0 Å². The van der Waals surface area contributed by atoms with Crippen LogP contribution in [-0.2, 0) is 4.74 Å². The van der Waals surface area contributed by atoms with E-state index in [0.29, 0.717) is 0 Å². The first-order chi connectivity index (χ1) is 8.24. The van der Waals surface area contributed by atoms with Gasteiger partial charge in [-0.15, -0.1) is 0 Å². The maximum atomic E-state index is 9.58. The summed E-state index contributed by atoms with van der Waals surface area (Å²) in [6.45, 7) is 21.5. The van der Waals surface area contributed by atoms with Crippen LogP contribution in [0, 0.1) is 0 Å². The van der Waals surface area contributed by atoms with Gasteiger partial charge in [0.2, 0.25) is 0 Å². The number of hydrogen-bond donors (Lipinski definition) is 1. The van der Waals surface area contributed by atoms with Crippen molar-refractivity contribution in [2.24, 2.45) is 0 Å². The van der Waals surface area contributed by atoms with E-state index in [9.17, 15) is 5.11 Å². The molecule has 0 aliphatic rings. The zero-order chi connectivity index (χ0) is 15.7. The Morgan fingerprint density at radius 2 is 1.16 bits per heavy atom. The summed E-state index contributed by atoms with van der Waals surface area (Å²) in [7, 11) is -0.0740. The zero-order valence-electron chi connectivity index (χ0n) is 14.8. The summed E-state index contributed by atoms with van der Waals surface area (Å²) in [5.41, 5.74) is 0. The van der Waals surface area contributed by atoms with Crippen molar-refractivity contribution in [3.8, 4) is 0 Å². The van der Waals surface area contributed by atoms with Gasteiger partial charge in [0.15, 0.2) is 0 Å². The van der Waals surface area contributed by atoms with Crippen LogP contribution in [-0.4, -0.2) is 46.6 Å². The molecule has 0 rings (SSSR count). The van der Waals surface area contributed by atoms with Gasteiger partial charge in [-0.2, -0.15) is 0 Å². The average molecular weight is 292 g/mol. The Morgan fingerprint density at radius 1 is 0.842 bits per heavy atom. The van der Waals surface area contributed by atoms with E-state index < -0.39 is 7.26 Å². The molecule has 3 heteroatoms. The molecule has 19 heavy (non-hydrogen) atoms. The first-order valence-corrected chi connectivity index (χ1v) is 9.59. The van der Waals surface area contributed by atoms with Crippen molar-refractivity contribution in [3.05, 3.63) is 0 Å². The first-order valence-electron chi connectivity index (χ1n) is 7.38. The molecule has 0 aliphatic heterocycles. The van der Waals surface area contributed by atoms with Crippen LogP contribution in [0.25, 0.3) is 0 Å². The van der Waals surface area contributed by atoms with Gasteiger partial charge in [0.1, 0.15) is 0 Å². The van der Waals surface area contributed by atoms with E-state index in [2.05, 4.69) is 62.3 Å². The molecular formula is C16H37O2P. The van der Waals surface area contributed by atoms with Gasteiger partial charge in [-0.1, -0.05) is 0 Å². The molecule has 0 amide bonds. The number of rotatable bonds is 4. The van der Waals surface area contributed by atoms with Crippen molar-refractivity contribution < 1.29 is 9.84 Å². The molecule has 0 bridgehead atoms. The number of ether oxygens (including phenoxy) is 1. The van der Waals surface area contributed by atoms with Gasteiger partial charge in [-0.25, -0.2) is 0 Å². The molecule has 0 aromatic heterocycles. The van der Waals surface area contributed by atoms with Crippen LogP contribution in [0.3, 0.4) is 0 Å². The van der Waals surface area contributed by atoms with Crippen LogP contribution < -0.4 is 0 Å². The molecule has 2 nitrogen and oxygen atoms in total. The summed E-state index contributed by atoms with van der Waals surface area (Å²) in [6, 6.07) is 0. The molecular weight excluding hydrogens is 255 g/mol.